The minimum atomic E-state index is -0.0323. The number of imidazole rings is 1. The Labute approximate surface area is 205 Å². The van der Waals surface area contributed by atoms with Gasteiger partial charge in [-0.1, -0.05) is 68.1 Å². The van der Waals surface area contributed by atoms with E-state index in [2.05, 4.69) is 57.9 Å². The van der Waals surface area contributed by atoms with E-state index in [0.717, 1.165) is 47.1 Å². The molecule has 0 aliphatic heterocycles. The molecule has 0 saturated heterocycles. The number of likely N-dealkylation sites (N-methyl/N-ethyl adjacent to an activating group) is 1. The van der Waals surface area contributed by atoms with Crippen LogP contribution in [0.1, 0.15) is 35.3 Å². The van der Waals surface area contributed by atoms with Gasteiger partial charge >= 0.3 is 0 Å². The highest BCUT2D eigenvalue weighted by Crippen LogP contribution is 2.27. The average molecular weight is 474 g/mol. The summed E-state index contributed by atoms with van der Waals surface area (Å²) < 4.78 is 2.20. The molecule has 176 valence electrons. The summed E-state index contributed by atoms with van der Waals surface area (Å²) in [6.07, 6.45) is 3.64. The maximum absolute atomic E-state index is 12.5. The molecule has 0 spiro atoms. The zero-order valence-electron chi connectivity index (χ0n) is 19.8. The van der Waals surface area contributed by atoms with Crippen molar-refractivity contribution < 1.29 is 4.79 Å². The molecular weight excluding hydrogens is 442 g/mol. The van der Waals surface area contributed by atoms with Gasteiger partial charge in [-0.15, -0.1) is 0 Å². The number of carbonyl (C=O) groups is 1. The number of nitrogens with zero attached hydrogens (tertiary/aromatic N) is 4. The van der Waals surface area contributed by atoms with E-state index in [9.17, 15) is 4.79 Å². The van der Waals surface area contributed by atoms with Crippen LogP contribution in [-0.4, -0.2) is 51.5 Å². The topological polar surface area (TPSA) is 63.1 Å². The first-order valence-corrected chi connectivity index (χ1v) is 12.7. The lowest BCUT2D eigenvalue weighted by Crippen LogP contribution is -2.34. The number of pyridine rings is 1. The minimum absolute atomic E-state index is 0.0323. The van der Waals surface area contributed by atoms with Crippen LogP contribution in [0.2, 0.25) is 0 Å². The summed E-state index contributed by atoms with van der Waals surface area (Å²) in [5.41, 5.74) is 5.01. The van der Waals surface area contributed by atoms with Crippen LogP contribution in [-0.2, 0) is 12.3 Å². The number of aromatic nitrogens is 3. The maximum Gasteiger partial charge on any atom is 0.251 e. The molecule has 34 heavy (non-hydrogen) atoms. The molecule has 0 aliphatic carbocycles. The molecule has 2 aromatic carbocycles. The summed E-state index contributed by atoms with van der Waals surface area (Å²) in [6, 6.07) is 20.2. The largest absolute Gasteiger partial charge is 0.351 e. The van der Waals surface area contributed by atoms with Crippen LogP contribution in [0.15, 0.2) is 78.2 Å². The molecule has 7 heteroatoms. The van der Waals surface area contributed by atoms with Gasteiger partial charge in [-0.05, 0) is 42.4 Å². The predicted octanol–water partition coefficient (Wildman–Crippen LogP) is 4.84. The Kier molecular flexibility index (Phi) is 8.33. The number of thioether (sulfide) groups is 1. The highest BCUT2D eigenvalue weighted by atomic mass is 32.2. The summed E-state index contributed by atoms with van der Waals surface area (Å²) in [7, 11) is 0. The third kappa shape index (κ3) is 6.04. The molecule has 1 N–H and O–H groups in total. The molecular formula is C27H31N5OS. The molecule has 0 saturated carbocycles. The molecule has 0 bridgehead atoms. The molecule has 6 nitrogen and oxygen atoms in total. The van der Waals surface area contributed by atoms with Crippen molar-refractivity contribution in [3.8, 4) is 0 Å². The zero-order chi connectivity index (χ0) is 23.8. The van der Waals surface area contributed by atoms with E-state index >= 15 is 0 Å². The molecule has 1 amide bonds. The third-order valence-corrected chi connectivity index (χ3v) is 6.94. The second-order valence-electron chi connectivity index (χ2n) is 8.10. The average Bonchev–Trinajstić information content (AvgIpc) is 3.23. The molecule has 2 aromatic heterocycles. The Morgan fingerprint density at radius 2 is 1.76 bits per heavy atom. The Balaban J connectivity index is 1.45. The lowest BCUT2D eigenvalue weighted by molar-refractivity contribution is 0.0949. The van der Waals surface area contributed by atoms with Gasteiger partial charge in [0.05, 0.1) is 23.8 Å². The van der Waals surface area contributed by atoms with E-state index in [0.29, 0.717) is 18.7 Å². The van der Waals surface area contributed by atoms with Crippen LogP contribution < -0.4 is 5.32 Å². The van der Waals surface area contributed by atoms with Crippen LogP contribution >= 0.6 is 11.8 Å². The fourth-order valence-electron chi connectivity index (χ4n) is 3.85. The number of nitrogens with one attached hydrogen (secondary N) is 1. The molecule has 4 aromatic rings. The molecule has 0 unspecified atom stereocenters. The Hall–Kier alpha value is -3.16. The number of amides is 1. The molecule has 0 aliphatic rings. The van der Waals surface area contributed by atoms with Crippen LogP contribution in [0.4, 0.5) is 0 Å². The van der Waals surface area contributed by atoms with Crippen molar-refractivity contribution >= 4 is 28.7 Å². The SMILES string of the molecule is CCN(CC)CCNC(=O)c1ccc(Cn2c(SCc3ccccc3)nc3ccncc32)cc1. The molecule has 4 rings (SSSR count). The summed E-state index contributed by atoms with van der Waals surface area (Å²) in [5, 5.41) is 3.98. The van der Waals surface area contributed by atoms with Gasteiger partial charge in [-0.2, -0.15) is 0 Å². The highest BCUT2D eigenvalue weighted by Gasteiger charge is 2.13. The molecule has 0 fully saturated rings. The Morgan fingerprint density at radius 3 is 2.50 bits per heavy atom. The van der Waals surface area contributed by atoms with Crippen LogP contribution in [0.5, 0.6) is 0 Å². The molecule has 0 radical (unpaired) electrons. The smallest absolute Gasteiger partial charge is 0.251 e. The number of benzene rings is 2. The van der Waals surface area contributed by atoms with Gasteiger partial charge in [0.2, 0.25) is 0 Å². The van der Waals surface area contributed by atoms with Crippen molar-refractivity contribution in [2.45, 2.75) is 31.3 Å². The minimum Gasteiger partial charge on any atom is -0.351 e. The lowest BCUT2D eigenvalue weighted by atomic mass is 10.1. The van der Waals surface area contributed by atoms with E-state index in [-0.39, 0.29) is 5.91 Å². The van der Waals surface area contributed by atoms with Crippen molar-refractivity contribution in [1.82, 2.24) is 24.8 Å². The van der Waals surface area contributed by atoms with Crippen LogP contribution in [0, 0.1) is 0 Å². The van der Waals surface area contributed by atoms with E-state index < -0.39 is 0 Å². The fraction of sp³-hybridized carbons (Fsp3) is 0.296. The van der Waals surface area contributed by atoms with E-state index in [1.165, 1.54) is 5.56 Å². The Morgan fingerprint density at radius 1 is 1.00 bits per heavy atom. The van der Waals surface area contributed by atoms with E-state index in [1.807, 2.05) is 42.6 Å². The van der Waals surface area contributed by atoms with Gasteiger partial charge in [0, 0.05) is 30.6 Å². The maximum atomic E-state index is 12.5. The number of fused-ring (bicyclic) bond motifs is 1. The molecule has 0 atom stereocenters. The van der Waals surface area contributed by atoms with Gasteiger partial charge in [0.25, 0.3) is 5.91 Å². The summed E-state index contributed by atoms with van der Waals surface area (Å²) in [6.45, 7) is 8.43. The third-order valence-electron chi connectivity index (χ3n) is 5.89. The molecule has 2 heterocycles. The van der Waals surface area contributed by atoms with Gasteiger partial charge in [-0.3, -0.25) is 9.78 Å². The zero-order valence-corrected chi connectivity index (χ0v) is 20.6. The highest BCUT2D eigenvalue weighted by molar-refractivity contribution is 7.98. The van der Waals surface area contributed by atoms with Crippen molar-refractivity contribution in [3.05, 3.63) is 89.7 Å². The van der Waals surface area contributed by atoms with E-state index in [4.69, 9.17) is 4.98 Å². The number of carbonyl (C=O) groups excluding carboxylic acids is 1. The summed E-state index contributed by atoms with van der Waals surface area (Å²) in [5.74, 6) is 0.819. The first kappa shape index (κ1) is 24.0. The van der Waals surface area contributed by atoms with Crippen molar-refractivity contribution in [2.75, 3.05) is 26.2 Å². The van der Waals surface area contributed by atoms with Crippen LogP contribution in [0.3, 0.4) is 0 Å². The van der Waals surface area contributed by atoms with Crippen LogP contribution in [0.25, 0.3) is 11.0 Å². The standard InChI is InChI=1S/C27H31N5OS/c1-3-31(4-2)17-16-29-26(33)23-12-10-21(11-13-23)19-32-25-18-28-15-14-24(25)30-27(32)34-20-22-8-6-5-7-9-22/h5-15,18H,3-4,16-17,19-20H2,1-2H3,(H,29,33). The van der Waals surface area contributed by atoms with Crippen molar-refractivity contribution in [3.63, 3.8) is 0 Å². The number of hydrogen-bond donors (Lipinski definition) is 1. The van der Waals surface area contributed by atoms with Gasteiger partial charge in [0.15, 0.2) is 5.16 Å². The lowest BCUT2D eigenvalue weighted by Gasteiger charge is -2.18. The predicted molar refractivity (Wildman–Crippen MR) is 139 cm³/mol. The first-order chi connectivity index (χ1) is 16.7. The Bertz CT molecular complexity index is 1200. The van der Waals surface area contributed by atoms with Gasteiger partial charge in [0.1, 0.15) is 0 Å². The second kappa shape index (κ2) is 11.8. The fourth-order valence-corrected chi connectivity index (χ4v) is 4.82. The van der Waals surface area contributed by atoms with Gasteiger partial charge in [-0.25, -0.2) is 4.98 Å². The first-order valence-electron chi connectivity index (χ1n) is 11.7. The normalized spacial score (nSPS) is 11.3. The quantitative estimate of drug-likeness (QED) is 0.316. The van der Waals surface area contributed by atoms with Crippen molar-refractivity contribution in [2.24, 2.45) is 0 Å². The van der Waals surface area contributed by atoms with E-state index in [1.54, 1.807) is 18.0 Å². The van der Waals surface area contributed by atoms with Crippen molar-refractivity contribution in [1.29, 1.82) is 0 Å². The summed E-state index contributed by atoms with van der Waals surface area (Å²) >= 11 is 1.72. The van der Waals surface area contributed by atoms with Gasteiger partial charge < -0.3 is 14.8 Å². The summed E-state index contributed by atoms with van der Waals surface area (Å²) in [4.78, 5) is 24.0. The second-order valence-corrected chi connectivity index (χ2v) is 9.04. The number of rotatable bonds is 11. The number of hydrogen-bond acceptors (Lipinski definition) is 5. The monoisotopic (exact) mass is 473 g/mol.